The average Bonchev–Trinajstić information content (AvgIpc) is 2.67. The molecule has 0 fully saturated rings. The predicted octanol–water partition coefficient (Wildman–Crippen LogP) is 2.15. The van der Waals surface area contributed by atoms with E-state index in [2.05, 4.69) is 14.8 Å². The molecule has 0 aromatic heterocycles. The molecule has 0 saturated carbocycles. The van der Waals surface area contributed by atoms with E-state index < -0.39 is 20.0 Å². The van der Waals surface area contributed by atoms with Gasteiger partial charge in [0, 0.05) is 31.5 Å². The van der Waals surface area contributed by atoms with Crippen molar-refractivity contribution in [1.82, 2.24) is 9.62 Å². The van der Waals surface area contributed by atoms with Crippen LogP contribution < -0.4 is 14.8 Å². The van der Waals surface area contributed by atoms with Crippen molar-refractivity contribution in [3.8, 4) is 0 Å². The summed E-state index contributed by atoms with van der Waals surface area (Å²) >= 11 is 0. The molecule has 3 rings (SSSR count). The highest BCUT2D eigenvalue weighted by Gasteiger charge is 2.21. The molecule has 0 radical (unpaired) electrons. The van der Waals surface area contributed by atoms with Crippen molar-refractivity contribution in [1.29, 1.82) is 0 Å². The lowest BCUT2D eigenvalue weighted by atomic mass is 10.1. The average molecular weight is 439 g/mol. The Labute approximate surface area is 170 Å². The number of nitrogens with one attached hydrogen (secondary N) is 3. The van der Waals surface area contributed by atoms with Crippen LogP contribution in [0.25, 0.3) is 0 Å². The number of carbonyl (C=O) groups excluding carboxylic acids is 1. The molecular weight excluding hydrogens is 416 g/mol. The molecule has 1 aliphatic heterocycles. The summed E-state index contributed by atoms with van der Waals surface area (Å²) in [6, 6.07) is 9.60. The van der Waals surface area contributed by atoms with E-state index in [0.29, 0.717) is 30.9 Å². The molecule has 0 bridgehead atoms. The number of hydrogen-bond donors (Lipinski definition) is 3. The quantitative estimate of drug-likeness (QED) is 0.611. The van der Waals surface area contributed by atoms with Crippen LogP contribution >= 0.6 is 0 Å². The van der Waals surface area contributed by atoms with Gasteiger partial charge in [-0.2, -0.15) is 0 Å². The summed E-state index contributed by atoms with van der Waals surface area (Å²) in [6.45, 7) is 2.50. The van der Waals surface area contributed by atoms with E-state index in [9.17, 15) is 21.6 Å². The topological polar surface area (TPSA) is 125 Å². The third-order valence-corrected chi connectivity index (χ3v) is 7.21. The van der Waals surface area contributed by atoms with Gasteiger partial charge in [-0.15, -0.1) is 0 Å². The first-order chi connectivity index (χ1) is 13.6. The molecule has 2 amide bonds. The van der Waals surface area contributed by atoms with Crippen molar-refractivity contribution in [3.05, 3.63) is 48.0 Å². The van der Waals surface area contributed by atoms with Crippen LogP contribution in [0.15, 0.2) is 52.3 Å². The Balaban J connectivity index is 1.80. The Bertz CT molecular complexity index is 1130. The van der Waals surface area contributed by atoms with Crippen molar-refractivity contribution in [2.24, 2.45) is 0 Å². The van der Waals surface area contributed by atoms with Crippen molar-refractivity contribution in [2.45, 2.75) is 29.7 Å². The summed E-state index contributed by atoms with van der Waals surface area (Å²) in [5.41, 5.74) is 1.75. The Morgan fingerprint density at radius 2 is 1.62 bits per heavy atom. The lowest BCUT2D eigenvalue weighted by Gasteiger charge is -2.26. The Morgan fingerprint density at radius 1 is 1.00 bits per heavy atom. The van der Waals surface area contributed by atoms with Crippen molar-refractivity contribution in [3.63, 3.8) is 0 Å². The van der Waals surface area contributed by atoms with Gasteiger partial charge in [-0.1, -0.05) is 6.92 Å². The van der Waals surface area contributed by atoms with Gasteiger partial charge in [0.25, 0.3) is 10.0 Å². The van der Waals surface area contributed by atoms with Crippen LogP contribution in [-0.2, 0) is 26.6 Å². The van der Waals surface area contributed by atoms with E-state index in [4.69, 9.17) is 0 Å². The number of fused-ring (bicyclic) bond motifs is 1. The molecule has 0 spiro atoms. The van der Waals surface area contributed by atoms with E-state index in [1.165, 1.54) is 29.2 Å². The zero-order valence-corrected chi connectivity index (χ0v) is 17.6. The summed E-state index contributed by atoms with van der Waals surface area (Å²) in [5.74, 6) is 0. The number of carbonyl (C=O) groups is 1. The molecule has 156 valence electrons. The summed E-state index contributed by atoms with van der Waals surface area (Å²) in [4.78, 5) is 13.1. The third kappa shape index (κ3) is 4.69. The second kappa shape index (κ2) is 8.01. The van der Waals surface area contributed by atoms with Gasteiger partial charge in [-0.3, -0.25) is 4.72 Å². The van der Waals surface area contributed by atoms with Gasteiger partial charge < -0.3 is 10.2 Å². The van der Waals surface area contributed by atoms with Gasteiger partial charge >= 0.3 is 6.03 Å². The number of urea groups is 1. The zero-order chi connectivity index (χ0) is 21.2. The van der Waals surface area contributed by atoms with E-state index in [0.717, 1.165) is 5.56 Å². The fraction of sp³-hybridized carbons (Fsp3) is 0.278. The van der Waals surface area contributed by atoms with Gasteiger partial charge in [-0.25, -0.2) is 26.4 Å². The van der Waals surface area contributed by atoms with Crippen LogP contribution in [0.1, 0.15) is 18.9 Å². The summed E-state index contributed by atoms with van der Waals surface area (Å²) < 4.78 is 54.5. The number of hydrogen-bond acceptors (Lipinski definition) is 5. The monoisotopic (exact) mass is 438 g/mol. The van der Waals surface area contributed by atoms with Crippen LogP contribution in [0.3, 0.4) is 0 Å². The lowest BCUT2D eigenvalue weighted by Crippen LogP contribution is -2.35. The van der Waals surface area contributed by atoms with Gasteiger partial charge in [0.05, 0.1) is 9.79 Å². The second-order valence-corrected chi connectivity index (χ2v) is 10.1. The number of sulfonamides is 2. The minimum absolute atomic E-state index is 0.00235. The standard InChI is InChI=1S/C18H22N4O5S2/c1-3-10-19-28(24,25)15-5-7-16(8-6-15)29(26,27)21-14-4-9-17-13(11-14)12-22(2)18(23)20-17/h4-9,11,19,21H,3,10,12H2,1-2H3,(H,20,23). The number of rotatable bonds is 7. The van der Waals surface area contributed by atoms with Crippen LogP contribution in [0.5, 0.6) is 0 Å². The van der Waals surface area contributed by atoms with Gasteiger partial charge in [-0.05, 0) is 54.4 Å². The smallest absolute Gasteiger partial charge is 0.321 e. The largest absolute Gasteiger partial charge is 0.323 e. The highest BCUT2D eigenvalue weighted by molar-refractivity contribution is 7.92. The molecule has 2 aromatic carbocycles. The molecular formula is C18H22N4O5S2. The molecule has 3 N–H and O–H groups in total. The molecule has 11 heteroatoms. The number of nitrogens with zero attached hydrogens (tertiary/aromatic N) is 1. The van der Waals surface area contributed by atoms with Crippen LogP contribution in [0, 0.1) is 0 Å². The maximum absolute atomic E-state index is 12.7. The molecule has 0 aliphatic carbocycles. The SMILES string of the molecule is CCCNS(=O)(=O)c1ccc(S(=O)(=O)Nc2ccc3c(c2)CN(C)C(=O)N3)cc1. The molecule has 1 aliphatic rings. The maximum atomic E-state index is 12.7. The minimum Gasteiger partial charge on any atom is -0.323 e. The van der Waals surface area contributed by atoms with Gasteiger partial charge in [0.15, 0.2) is 0 Å². The first-order valence-electron chi connectivity index (χ1n) is 8.90. The molecule has 0 atom stereocenters. The van der Waals surface area contributed by atoms with E-state index in [1.807, 2.05) is 6.92 Å². The van der Waals surface area contributed by atoms with Crippen LogP contribution in [-0.4, -0.2) is 41.4 Å². The first kappa shape index (κ1) is 21.1. The van der Waals surface area contributed by atoms with Crippen molar-refractivity contribution in [2.75, 3.05) is 23.6 Å². The summed E-state index contributed by atoms with van der Waals surface area (Å²) in [6.07, 6.45) is 0.649. The van der Waals surface area contributed by atoms with Gasteiger partial charge in [0.1, 0.15) is 0 Å². The lowest BCUT2D eigenvalue weighted by molar-refractivity contribution is 0.218. The predicted molar refractivity (Wildman–Crippen MR) is 110 cm³/mol. The zero-order valence-electron chi connectivity index (χ0n) is 16.0. The molecule has 9 nitrogen and oxygen atoms in total. The van der Waals surface area contributed by atoms with E-state index >= 15 is 0 Å². The molecule has 0 saturated heterocycles. The van der Waals surface area contributed by atoms with Gasteiger partial charge in [0.2, 0.25) is 10.0 Å². The molecule has 29 heavy (non-hydrogen) atoms. The third-order valence-electron chi connectivity index (χ3n) is 4.34. The minimum atomic E-state index is -3.91. The van der Waals surface area contributed by atoms with Crippen LogP contribution in [0.2, 0.25) is 0 Å². The second-order valence-electron chi connectivity index (χ2n) is 6.63. The first-order valence-corrected chi connectivity index (χ1v) is 11.9. The Hall–Kier alpha value is -2.63. The van der Waals surface area contributed by atoms with Crippen LogP contribution in [0.4, 0.5) is 16.2 Å². The fourth-order valence-electron chi connectivity index (χ4n) is 2.78. The number of benzene rings is 2. The summed E-state index contributed by atoms with van der Waals surface area (Å²) in [7, 11) is -5.94. The van der Waals surface area contributed by atoms with Crippen molar-refractivity contribution < 1.29 is 21.6 Å². The Kier molecular flexibility index (Phi) is 5.82. The summed E-state index contributed by atoms with van der Waals surface area (Å²) in [5, 5.41) is 2.71. The highest BCUT2D eigenvalue weighted by atomic mass is 32.2. The highest BCUT2D eigenvalue weighted by Crippen LogP contribution is 2.27. The number of anilines is 2. The Morgan fingerprint density at radius 3 is 2.24 bits per heavy atom. The molecule has 2 aromatic rings. The molecule has 1 heterocycles. The number of amides is 2. The van der Waals surface area contributed by atoms with E-state index in [-0.39, 0.29) is 15.8 Å². The molecule has 0 unspecified atom stereocenters. The normalized spacial score (nSPS) is 14.3. The fourth-order valence-corrected chi connectivity index (χ4v) is 4.96. The van der Waals surface area contributed by atoms with E-state index in [1.54, 1.807) is 25.2 Å². The maximum Gasteiger partial charge on any atom is 0.321 e. The van der Waals surface area contributed by atoms with Crippen molar-refractivity contribution >= 4 is 37.5 Å².